The maximum atomic E-state index is 5.74. The topological polar surface area (TPSA) is 9.23 Å². The van der Waals surface area contributed by atoms with Gasteiger partial charge < -0.3 is 4.74 Å². The van der Waals surface area contributed by atoms with E-state index in [1.165, 1.54) is 64.2 Å². The molecule has 22 heavy (non-hydrogen) atoms. The highest BCUT2D eigenvalue weighted by atomic mass is 16.5. The molecule has 0 heterocycles. The summed E-state index contributed by atoms with van der Waals surface area (Å²) < 4.78 is 5.74. The van der Waals surface area contributed by atoms with Gasteiger partial charge in [0, 0.05) is 0 Å². The minimum Gasteiger partial charge on any atom is -0.494 e. The molecule has 2 rings (SSSR count). The van der Waals surface area contributed by atoms with Gasteiger partial charge in [-0.05, 0) is 48.8 Å². The molecule has 1 saturated carbocycles. The van der Waals surface area contributed by atoms with Gasteiger partial charge in [-0.2, -0.15) is 0 Å². The third-order valence-electron chi connectivity index (χ3n) is 5.26. The van der Waals surface area contributed by atoms with Crippen LogP contribution in [0.4, 0.5) is 0 Å². The van der Waals surface area contributed by atoms with Crippen LogP contribution in [0.5, 0.6) is 5.75 Å². The van der Waals surface area contributed by atoms with Gasteiger partial charge in [-0.15, -0.1) is 0 Å². The summed E-state index contributed by atoms with van der Waals surface area (Å²) in [5, 5.41) is 0. The van der Waals surface area contributed by atoms with Crippen molar-refractivity contribution in [1.29, 1.82) is 0 Å². The van der Waals surface area contributed by atoms with Crippen molar-refractivity contribution in [3.8, 4) is 5.75 Å². The van der Waals surface area contributed by atoms with E-state index in [1.54, 1.807) is 5.56 Å². The standard InChI is InChI=1S/C21H34O/c1-3-5-6-8-15-21(16-9-7-10-17-21)19-11-13-20(14-12-19)22-18-4-2/h11-14H,3-10,15-18H2,1-2H3. The summed E-state index contributed by atoms with van der Waals surface area (Å²) >= 11 is 0. The number of hydrogen-bond donors (Lipinski definition) is 0. The number of ether oxygens (including phenoxy) is 1. The molecule has 1 aromatic carbocycles. The van der Waals surface area contributed by atoms with Crippen molar-refractivity contribution in [2.45, 2.75) is 89.9 Å². The van der Waals surface area contributed by atoms with Gasteiger partial charge in [0.05, 0.1) is 6.61 Å². The molecule has 1 aromatic rings. The molecule has 1 aliphatic carbocycles. The van der Waals surface area contributed by atoms with Crippen molar-refractivity contribution >= 4 is 0 Å². The van der Waals surface area contributed by atoms with Gasteiger partial charge in [0.25, 0.3) is 0 Å². The zero-order valence-electron chi connectivity index (χ0n) is 14.7. The van der Waals surface area contributed by atoms with E-state index < -0.39 is 0 Å². The van der Waals surface area contributed by atoms with Gasteiger partial charge in [0.15, 0.2) is 0 Å². The van der Waals surface area contributed by atoms with Crippen LogP contribution in [0.3, 0.4) is 0 Å². The molecule has 0 saturated heterocycles. The number of benzene rings is 1. The Morgan fingerprint density at radius 2 is 1.59 bits per heavy atom. The van der Waals surface area contributed by atoms with Crippen LogP contribution < -0.4 is 4.74 Å². The molecule has 0 bridgehead atoms. The van der Waals surface area contributed by atoms with Crippen LogP contribution in [-0.4, -0.2) is 6.61 Å². The van der Waals surface area contributed by atoms with Crippen molar-refractivity contribution in [3.05, 3.63) is 29.8 Å². The molecule has 0 radical (unpaired) electrons. The molecule has 0 N–H and O–H groups in total. The molecule has 0 spiro atoms. The lowest BCUT2D eigenvalue weighted by Gasteiger charge is -2.38. The van der Waals surface area contributed by atoms with Crippen LogP contribution in [0, 0.1) is 0 Å². The summed E-state index contributed by atoms with van der Waals surface area (Å²) in [6.45, 7) is 5.27. The van der Waals surface area contributed by atoms with Gasteiger partial charge in [0.2, 0.25) is 0 Å². The first-order chi connectivity index (χ1) is 10.8. The molecule has 0 unspecified atom stereocenters. The van der Waals surface area contributed by atoms with Crippen LogP contribution in [0.2, 0.25) is 0 Å². The van der Waals surface area contributed by atoms with Crippen molar-refractivity contribution in [2.75, 3.05) is 6.61 Å². The fraction of sp³-hybridized carbons (Fsp3) is 0.714. The van der Waals surface area contributed by atoms with E-state index in [0.29, 0.717) is 5.41 Å². The number of unbranched alkanes of at least 4 members (excludes halogenated alkanes) is 3. The highest BCUT2D eigenvalue weighted by molar-refractivity contribution is 5.33. The molecule has 0 atom stereocenters. The molecular formula is C21H34O. The van der Waals surface area contributed by atoms with E-state index in [2.05, 4.69) is 38.1 Å². The molecule has 0 aromatic heterocycles. The third-order valence-corrected chi connectivity index (χ3v) is 5.26. The molecule has 1 nitrogen and oxygen atoms in total. The Hall–Kier alpha value is -0.980. The zero-order chi connectivity index (χ0) is 15.7. The molecule has 1 fully saturated rings. The van der Waals surface area contributed by atoms with Crippen molar-refractivity contribution in [3.63, 3.8) is 0 Å². The Labute approximate surface area is 137 Å². The zero-order valence-corrected chi connectivity index (χ0v) is 14.7. The molecular weight excluding hydrogens is 268 g/mol. The molecule has 0 aliphatic heterocycles. The Morgan fingerprint density at radius 3 is 2.23 bits per heavy atom. The van der Waals surface area contributed by atoms with Gasteiger partial charge in [-0.3, -0.25) is 0 Å². The van der Waals surface area contributed by atoms with Crippen LogP contribution in [0.25, 0.3) is 0 Å². The second kappa shape index (κ2) is 9.22. The lowest BCUT2D eigenvalue weighted by molar-refractivity contribution is 0.265. The summed E-state index contributed by atoms with van der Waals surface area (Å²) in [5.74, 6) is 1.03. The number of rotatable bonds is 9. The predicted molar refractivity (Wildman–Crippen MR) is 95.8 cm³/mol. The lowest BCUT2D eigenvalue weighted by Crippen LogP contribution is -2.29. The minimum atomic E-state index is 0.454. The van der Waals surface area contributed by atoms with Crippen LogP contribution in [0.1, 0.15) is 90.0 Å². The Kier molecular flexibility index (Phi) is 7.29. The maximum Gasteiger partial charge on any atom is 0.119 e. The van der Waals surface area contributed by atoms with Gasteiger partial charge in [-0.25, -0.2) is 0 Å². The van der Waals surface area contributed by atoms with Gasteiger partial charge >= 0.3 is 0 Å². The van der Waals surface area contributed by atoms with Crippen LogP contribution in [0.15, 0.2) is 24.3 Å². The second-order valence-corrected chi connectivity index (χ2v) is 7.02. The second-order valence-electron chi connectivity index (χ2n) is 7.02. The largest absolute Gasteiger partial charge is 0.494 e. The third kappa shape index (κ3) is 4.76. The average Bonchev–Trinajstić information content (AvgIpc) is 2.58. The van der Waals surface area contributed by atoms with E-state index >= 15 is 0 Å². The normalized spacial score (nSPS) is 17.4. The first-order valence-electron chi connectivity index (χ1n) is 9.54. The molecule has 0 amide bonds. The maximum absolute atomic E-state index is 5.74. The molecule has 124 valence electrons. The van der Waals surface area contributed by atoms with E-state index in [4.69, 9.17) is 4.74 Å². The smallest absolute Gasteiger partial charge is 0.119 e. The van der Waals surface area contributed by atoms with Crippen molar-refractivity contribution in [2.24, 2.45) is 0 Å². The highest BCUT2D eigenvalue weighted by Crippen LogP contribution is 2.43. The van der Waals surface area contributed by atoms with Gasteiger partial charge in [-0.1, -0.05) is 70.9 Å². The van der Waals surface area contributed by atoms with Crippen LogP contribution in [-0.2, 0) is 5.41 Å². The summed E-state index contributed by atoms with van der Waals surface area (Å²) in [5.41, 5.74) is 2.02. The van der Waals surface area contributed by atoms with Crippen molar-refractivity contribution in [1.82, 2.24) is 0 Å². The Bertz CT molecular complexity index is 400. The summed E-state index contributed by atoms with van der Waals surface area (Å²) in [6.07, 6.45) is 15.0. The molecule has 1 heteroatoms. The lowest BCUT2D eigenvalue weighted by atomic mass is 9.66. The molecule has 1 aliphatic rings. The van der Waals surface area contributed by atoms with E-state index in [1.807, 2.05) is 0 Å². The average molecular weight is 303 g/mol. The summed E-state index contributed by atoms with van der Waals surface area (Å²) in [6, 6.07) is 9.06. The monoisotopic (exact) mass is 302 g/mol. The van der Waals surface area contributed by atoms with Crippen molar-refractivity contribution < 1.29 is 4.74 Å². The minimum absolute atomic E-state index is 0.454. The quantitative estimate of drug-likeness (QED) is 0.464. The SMILES string of the molecule is CCCCCCC1(c2ccc(OCCC)cc2)CCCCC1. The van der Waals surface area contributed by atoms with Gasteiger partial charge in [0.1, 0.15) is 5.75 Å². The van der Waals surface area contributed by atoms with E-state index in [0.717, 1.165) is 18.8 Å². The first kappa shape index (κ1) is 17.4. The van der Waals surface area contributed by atoms with E-state index in [9.17, 15) is 0 Å². The summed E-state index contributed by atoms with van der Waals surface area (Å²) in [7, 11) is 0. The Morgan fingerprint density at radius 1 is 0.864 bits per heavy atom. The summed E-state index contributed by atoms with van der Waals surface area (Å²) in [4.78, 5) is 0. The number of hydrogen-bond acceptors (Lipinski definition) is 1. The highest BCUT2D eigenvalue weighted by Gasteiger charge is 2.33. The predicted octanol–water partition coefficient (Wildman–Crippen LogP) is 6.65. The first-order valence-corrected chi connectivity index (χ1v) is 9.54. The van der Waals surface area contributed by atoms with E-state index in [-0.39, 0.29) is 0 Å². The van der Waals surface area contributed by atoms with Crippen LogP contribution >= 0.6 is 0 Å². The Balaban J connectivity index is 2.03. The fourth-order valence-electron chi connectivity index (χ4n) is 3.93. The fourth-order valence-corrected chi connectivity index (χ4v) is 3.93.